The van der Waals surface area contributed by atoms with E-state index in [-0.39, 0.29) is 0 Å². The van der Waals surface area contributed by atoms with Crippen molar-refractivity contribution >= 4 is 23.0 Å². The van der Waals surface area contributed by atoms with E-state index in [0.29, 0.717) is 11.2 Å². The number of fused-ring (bicyclic) bond motifs is 2. The molecule has 0 aliphatic heterocycles. The maximum Gasteiger partial charge on any atom is 0.171 e. The first-order valence-electron chi connectivity index (χ1n) is 8.40. The molecule has 3 rings (SSSR count). The fraction of sp³-hybridized carbons (Fsp3) is 0.611. The number of hydrogen-bond donors (Lipinski definition) is 2. The summed E-state index contributed by atoms with van der Waals surface area (Å²) in [7, 11) is 3.29. The molecule has 0 spiro atoms. The summed E-state index contributed by atoms with van der Waals surface area (Å²) in [5.41, 5.74) is 0.853. The quantitative estimate of drug-likeness (QED) is 0.802. The van der Waals surface area contributed by atoms with E-state index >= 15 is 0 Å². The second-order valence-corrected chi connectivity index (χ2v) is 7.20. The van der Waals surface area contributed by atoms with Crippen LogP contribution in [0, 0.1) is 17.8 Å². The van der Waals surface area contributed by atoms with Crippen LogP contribution in [0.1, 0.15) is 32.6 Å². The van der Waals surface area contributed by atoms with Crippen molar-refractivity contribution in [3.8, 4) is 11.5 Å². The molecule has 1 aromatic carbocycles. The van der Waals surface area contributed by atoms with Gasteiger partial charge < -0.3 is 20.1 Å². The lowest BCUT2D eigenvalue weighted by Crippen LogP contribution is -2.42. The van der Waals surface area contributed by atoms with E-state index < -0.39 is 0 Å². The van der Waals surface area contributed by atoms with Crippen LogP contribution in [0.2, 0.25) is 0 Å². The molecule has 4 atom stereocenters. The van der Waals surface area contributed by atoms with E-state index in [1.165, 1.54) is 25.7 Å². The molecule has 0 amide bonds. The normalized spacial score (nSPS) is 26.7. The van der Waals surface area contributed by atoms with Gasteiger partial charge in [0.15, 0.2) is 5.11 Å². The number of benzene rings is 1. The lowest BCUT2D eigenvalue weighted by molar-refractivity contribution is 0.279. The Labute approximate surface area is 143 Å². The second kappa shape index (κ2) is 6.95. The Hall–Kier alpha value is -1.49. The molecule has 0 aromatic heterocycles. The first kappa shape index (κ1) is 16.4. The van der Waals surface area contributed by atoms with E-state index in [1.807, 2.05) is 18.2 Å². The zero-order valence-corrected chi connectivity index (χ0v) is 14.9. The number of rotatable bonds is 5. The molecular weight excluding hydrogens is 308 g/mol. The van der Waals surface area contributed by atoms with Crippen LogP contribution in [-0.2, 0) is 0 Å². The van der Waals surface area contributed by atoms with Gasteiger partial charge in [-0.1, -0.05) is 6.42 Å². The molecule has 4 nitrogen and oxygen atoms in total. The van der Waals surface area contributed by atoms with Crippen LogP contribution in [0.15, 0.2) is 18.2 Å². The Kier molecular flexibility index (Phi) is 4.95. The number of methoxy groups -OCH3 is 2. The van der Waals surface area contributed by atoms with Crippen molar-refractivity contribution < 1.29 is 9.47 Å². The third kappa shape index (κ3) is 3.55. The third-order valence-corrected chi connectivity index (χ3v) is 5.67. The van der Waals surface area contributed by atoms with Crippen molar-refractivity contribution in [2.24, 2.45) is 17.8 Å². The van der Waals surface area contributed by atoms with Crippen LogP contribution in [0.3, 0.4) is 0 Å². The zero-order chi connectivity index (χ0) is 16.4. The lowest BCUT2D eigenvalue weighted by Gasteiger charge is -2.29. The summed E-state index contributed by atoms with van der Waals surface area (Å²) in [6.07, 6.45) is 5.60. The van der Waals surface area contributed by atoms with Crippen molar-refractivity contribution in [2.45, 2.75) is 38.6 Å². The molecule has 0 radical (unpaired) electrons. The minimum absolute atomic E-state index is 0.412. The topological polar surface area (TPSA) is 42.5 Å². The van der Waals surface area contributed by atoms with Gasteiger partial charge in [0.2, 0.25) is 0 Å². The number of anilines is 1. The summed E-state index contributed by atoms with van der Waals surface area (Å²) < 4.78 is 10.6. The minimum atomic E-state index is 0.412. The fourth-order valence-electron chi connectivity index (χ4n) is 4.28. The van der Waals surface area contributed by atoms with Gasteiger partial charge in [-0.3, -0.25) is 0 Å². The van der Waals surface area contributed by atoms with Crippen LogP contribution in [0.5, 0.6) is 11.5 Å². The van der Waals surface area contributed by atoms with Gasteiger partial charge in [0.25, 0.3) is 0 Å². The van der Waals surface area contributed by atoms with E-state index in [4.69, 9.17) is 21.7 Å². The Morgan fingerprint density at radius 2 is 2.04 bits per heavy atom. The van der Waals surface area contributed by atoms with Crippen molar-refractivity contribution in [3.63, 3.8) is 0 Å². The fourth-order valence-corrected chi connectivity index (χ4v) is 4.58. The standard InChI is InChI=1S/C18H26N2O2S/c1-11(15-9-12-4-5-13(15)8-12)19-18(23)20-16-7-6-14(21-2)10-17(16)22-3/h6-7,10-13,15H,4-5,8-9H2,1-3H3,(H2,19,20,23). The van der Waals surface area contributed by atoms with Crippen LogP contribution in [0.4, 0.5) is 5.69 Å². The Morgan fingerprint density at radius 3 is 2.65 bits per heavy atom. The van der Waals surface area contributed by atoms with Gasteiger partial charge in [0.1, 0.15) is 11.5 Å². The largest absolute Gasteiger partial charge is 0.497 e. The van der Waals surface area contributed by atoms with Crippen LogP contribution in [-0.4, -0.2) is 25.4 Å². The highest BCUT2D eigenvalue weighted by atomic mass is 32.1. The highest BCUT2D eigenvalue weighted by Crippen LogP contribution is 2.49. The molecule has 0 heterocycles. The number of hydrogen-bond acceptors (Lipinski definition) is 3. The highest BCUT2D eigenvalue weighted by molar-refractivity contribution is 7.80. The van der Waals surface area contributed by atoms with E-state index in [1.54, 1.807) is 14.2 Å². The van der Waals surface area contributed by atoms with Gasteiger partial charge in [-0.05, 0) is 68.3 Å². The van der Waals surface area contributed by atoms with Crippen molar-refractivity contribution in [1.82, 2.24) is 5.32 Å². The van der Waals surface area contributed by atoms with Crippen LogP contribution >= 0.6 is 12.2 Å². The highest BCUT2D eigenvalue weighted by Gasteiger charge is 2.41. The van der Waals surface area contributed by atoms with E-state index in [0.717, 1.165) is 34.9 Å². The first-order valence-corrected chi connectivity index (χ1v) is 8.81. The maximum absolute atomic E-state index is 5.49. The molecule has 2 saturated carbocycles. The summed E-state index contributed by atoms with van der Waals surface area (Å²) in [6, 6.07) is 6.08. The Bertz CT molecular complexity index is 578. The molecule has 4 unspecified atom stereocenters. The molecule has 23 heavy (non-hydrogen) atoms. The molecular formula is C18H26N2O2S. The molecule has 2 aliphatic rings. The average Bonchev–Trinajstić information content (AvgIpc) is 3.18. The minimum Gasteiger partial charge on any atom is -0.497 e. The van der Waals surface area contributed by atoms with E-state index in [9.17, 15) is 0 Å². The number of thiocarbonyl (C=S) groups is 1. The molecule has 126 valence electrons. The van der Waals surface area contributed by atoms with Crippen molar-refractivity contribution in [1.29, 1.82) is 0 Å². The van der Waals surface area contributed by atoms with Gasteiger partial charge in [0.05, 0.1) is 19.9 Å². The smallest absolute Gasteiger partial charge is 0.171 e. The number of ether oxygens (including phenoxy) is 2. The summed E-state index contributed by atoms with van der Waals surface area (Å²) in [5, 5.41) is 7.38. The predicted octanol–water partition coefficient (Wildman–Crippen LogP) is 3.81. The zero-order valence-electron chi connectivity index (χ0n) is 14.1. The monoisotopic (exact) mass is 334 g/mol. The molecule has 2 bridgehead atoms. The maximum atomic E-state index is 5.49. The second-order valence-electron chi connectivity index (χ2n) is 6.79. The number of nitrogens with one attached hydrogen (secondary N) is 2. The average molecular weight is 334 g/mol. The van der Waals surface area contributed by atoms with Gasteiger partial charge in [-0.2, -0.15) is 0 Å². The van der Waals surface area contributed by atoms with Crippen LogP contribution in [0.25, 0.3) is 0 Å². The predicted molar refractivity (Wildman–Crippen MR) is 97.3 cm³/mol. The van der Waals surface area contributed by atoms with Crippen molar-refractivity contribution in [2.75, 3.05) is 19.5 Å². The van der Waals surface area contributed by atoms with Crippen LogP contribution < -0.4 is 20.1 Å². The summed E-state index contributed by atoms with van der Waals surface area (Å²) >= 11 is 5.49. The molecule has 2 N–H and O–H groups in total. The van der Waals surface area contributed by atoms with Crippen molar-refractivity contribution in [3.05, 3.63) is 18.2 Å². The van der Waals surface area contributed by atoms with Gasteiger partial charge >= 0.3 is 0 Å². The molecule has 5 heteroatoms. The molecule has 2 aliphatic carbocycles. The van der Waals surface area contributed by atoms with E-state index in [2.05, 4.69) is 17.6 Å². The van der Waals surface area contributed by atoms with Gasteiger partial charge in [-0.15, -0.1) is 0 Å². The third-order valence-electron chi connectivity index (χ3n) is 5.45. The Morgan fingerprint density at radius 1 is 1.22 bits per heavy atom. The molecule has 2 fully saturated rings. The summed E-state index contributed by atoms with van der Waals surface area (Å²) in [4.78, 5) is 0. The first-order chi connectivity index (χ1) is 11.1. The molecule has 0 saturated heterocycles. The summed E-state index contributed by atoms with van der Waals surface area (Å²) in [5.74, 6) is 4.09. The summed E-state index contributed by atoms with van der Waals surface area (Å²) in [6.45, 7) is 2.25. The lowest BCUT2D eigenvalue weighted by atomic mass is 9.84. The van der Waals surface area contributed by atoms with Gasteiger partial charge in [0, 0.05) is 12.1 Å². The molecule has 1 aromatic rings. The SMILES string of the molecule is COc1ccc(NC(=S)NC(C)C2CC3CCC2C3)c(OC)c1. The Balaban J connectivity index is 1.59. The van der Waals surface area contributed by atoms with Gasteiger partial charge in [-0.25, -0.2) is 0 Å².